The van der Waals surface area contributed by atoms with Crippen LogP contribution >= 0.6 is 11.3 Å². The van der Waals surface area contributed by atoms with Crippen molar-refractivity contribution in [3.63, 3.8) is 0 Å². The van der Waals surface area contributed by atoms with Gasteiger partial charge in [-0.1, -0.05) is 17.3 Å². The lowest BCUT2D eigenvalue weighted by atomic mass is 10.1. The van der Waals surface area contributed by atoms with Crippen LogP contribution in [0, 0.1) is 0 Å². The molecule has 3 aromatic heterocycles. The molecule has 3 heterocycles. The second-order valence-electron chi connectivity index (χ2n) is 6.68. The summed E-state index contributed by atoms with van der Waals surface area (Å²) in [5.41, 5.74) is -0.0560. The number of anilines is 1. The topological polar surface area (TPSA) is 107 Å². The number of nitrogens with one attached hydrogen (secondary N) is 1. The van der Waals surface area contributed by atoms with Crippen LogP contribution in [-0.2, 0) is 0 Å². The maximum absolute atomic E-state index is 12.8. The van der Waals surface area contributed by atoms with Crippen LogP contribution < -0.4 is 15.7 Å². The van der Waals surface area contributed by atoms with Gasteiger partial charge in [0.25, 0.3) is 11.8 Å². The second-order valence-corrected chi connectivity index (χ2v) is 7.59. The van der Waals surface area contributed by atoms with Gasteiger partial charge in [0.05, 0.1) is 12.8 Å². The Labute approximate surface area is 168 Å². The molecule has 9 heteroatoms. The lowest BCUT2D eigenvalue weighted by Crippen LogP contribution is -2.20. The zero-order chi connectivity index (χ0) is 20.0. The highest BCUT2D eigenvalue weighted by molar-refractivity contribution is 7.14. The normalized spacial score (nSPS) is 13.6. The van der Waals surface area contributed by atoms with Gasteiger partial charge in [-0.25, -0.2) is 4.79 Å². The first-order valence-electron chi connectivity index (χ1n) is 8.97. The number of para-hydroxylation sites is 1. The molecule has 1 aliphatic rings. The van der Waals surface area contributed by atoms with Crippen molar-refractivity contribution in [2.75, 3.05) is 12.4 Å². The fourth-order valence-corrected chi connectivity index (χ4v) is 3.80. The van der Waals surface area contributed by atoms with Crippen molar-refractivity contribution in [2.24, 2.45) is 0 Å². The predicted molar refractivity (Wildman–Crippen MR) is 107 cm³/mol. The fraction of sp³-hybridized carbons (Fsp3) is 0.200. The molecule has 1 aromatic carbocycles. The number of carbonyl (C=O) groups excluding carboxylic acids is 1. The number of hydrogen-bond acceptors (Lipinski definition) is 8. The second kappa shape index (κ2) is 6.85. The molecular formula is C20H15N3O5S. The Morgan fingerprint density at radius 3 is 2.97 bits per heavy atom. The maximum atomic E-state index is 12.8. The molecule has 29 heavy (non-hydrogen) atoms. The lowest BCUT2D eigenvalue weighted by Gasteiger charge is -2.07. The van der Waals surface area contributed by atoms with E-state index in [4.69, 9.17) is 13.7 Å². The van der Waals surface area contributed by atoms with Gasteiger partial charge in [0.1, 0.15) is 10.4 Å². The number of nitrogens with zero attached hydrogens (tertiary/aromatic N) is 2. The van der Waals surface area contributed by atoms with Crippen LogP contribution in [0.3, 0.4) is 0 Å². The van der Waals surface area contributed by atoms with E-state index in [2.05, 4.69) is 15.5 Å². The van der Waals surface area contributed by atoms with Gasteiger partial charge in [0.15, 0.2) is 17.2 Å². The van der Waals surface area contributed by atoms with Crippen molar-refractivity contribution in [1.29, 1.82) is 0 Å². The Kier molecular flexibility index (Phi) is 4.17. The van der Waals surface area contributed by atoms with E-state index in [1.54, 1.807) is 29.6 Å². The molecule has 1 saturated carbocycles. The SMILES string of the molecule is COc1cccc2cc(C(=O)Nc3ccsc3-c3nc(C4CC4)no3)c(=O)oc12. The first-order chi connectivity index (χ1) is 14.1. The van der Waals surface area contributed by atoms with Crippen molar-refractivity contribution in [2.45, 2.75) is 18.8 Å². The summed E-state index contributed by atoms with van der Waals surface area (Å²) in [6.45, 7) is 0. The molecule has 0 radical (unpaired) electrons. The molecule has 0 spiro atoms. The summed E-state index contributed by atoms with van der Waals surface area (Å²) in [6.07, 6.45) is 2.13. The molecule has 8 nitrogen and oxygen atoms in total. The highest BCUT2D eigenvalue weighted by atomic mass is 32.1. The summed E-state index contributed by atoms with van der Waals surface area (Å²) in [6, 6.07) is 8.40. The Balaban J connectivity index is 1.46. The monoisotopic (exact) mass is 409 g/mol. The van der Waals surface area contributed by atoms with E-state index in [-0.39, 0.29) is 5.56 Å². The summed E-state index contributed by atoms with van der Waals surface area (Å²) >= 11 is 1.37. The number of aromatic nitrogens is 2. The average molecular weight is 409 g/mol. The third-order valence-electron chi connectivity index (χ3n) is 4.68. The number of ether oxygens (including phenoxy) is 1. The van der Waals surface area contributed by atoms with Gasteiger partial charge in [0.2, 0.25) is 0 Å². The predicted octanol–water partition coefficient (Wildman–Crippen LogP) is 4.04. The molecule has 0 unspecified atom stereocenters. The van der Waals surface area contributed by atoms with Crippen LogP contribution in [-0.4, -0.2) is 23.2 Å². The molecule has 0 saturated heterocycles. The van der Waals surface area contributed by atoms with Crippen LogP contribution in [0.1, 0.15) is 34.9 Å². The Morgan fingerprint density at radius 2 is 2.17 bits per heavy atom. The molecule has 146 valence electrons. The zero-order valence-corrected chi connectivity index (χ0v) is 16.1. The third kappa shape index (κ3) is 3.19. The van der Waals surface area contributed by atoms with Gasteiger partial charge in [-0.15, -0.1) is 11.3 Å². The number of thiophene rings is 1. The Hall–Kier alpha value is -3.46. The zero-order valence-electron chi connectivity index (χ0n) is 15.3. The standard InChI is InChI=1S/C20H15N3O5S/c1-26-14-4-2-3-11-9-12(20(25)27-15(11)14)18(24)21-13-7-8-29-16(13)19-22-17(23-28-19)10-5-6-10/h2-4,7-10H,5-6H2,1H3,(H,21,24). The van der Waals surface area contributed by atoms with Crippen LogP contribution in [0.25, 0.3) is 21.7 Å². The molecule has 1 amide bonds. The van der Waals surface area contributed by atoms with E-state index in [0.717, 1.165) is 12.8 Å². The van der Waals surface area contributed by atoms with Crippen molar-refractivity contribution in [1.82, 2.24) is 10.1 Å². The Morgan fingerprint density at radius 1 is 1.31 bits per heavy atom. The highest BCUT2D eigenvalue weighted by Crippen LogP contribution is 2.40. The van der Waals surface area contributed by atoms with E-state index in [0.29, 0.717) is 44.9 Å². The molecule has 0 atom stereocenters. The minimum atomic E-state index is -0.745. The lowest BCUT2D eigenvalue weighted by molar-refractivity contribution is 0.102. The van der Waals surface area contributed by atoms with Gasteiger partial charge in [-0.05, 0) is 36.4 Å². The largest absolute Gasteiger partial charge is 0.493 e. The first kappa shape index (κ1) is 17.6. The summed E-state index contributed by atoms with van der Waals surface area (Å²) < 4.78 is 15.9. The number of methoxy groups -OCH3 is 1. The van der Waals surface area contributed by atoms with E-state index < -0.39 is 11.5 Å². The summed E-state index contributed by atoms with van der Waals surface area (Å²) in [7, 11) is 1.49. The number of rotatable bonds is 5. The van der Waals surface area contributed by atoms with E-state index in [1.807, 2.05) is 0 Å². The number of carbonyl (C=O) groups is 1. The first-order valence-corrected chi connectivity index (χ1v) is 9.85. The van der Waals surface area contributed by atoms with Crippen LogP contribution in [0.15, 0.2) is 49.4 Å². The van der Waals surface area contributed by atoms with Crippen LogP contribution in [0.4, 0.5) is 5.69 Å². The van der Waals surface area contributed by atoms with Gasteiger partial charge in [-0.2, -0.15) is 4.98 Å². The molecule has 1 fully saturated rings. The molecule has 0 bridgehead atoms. The van der Waals surface area contributed by atoms with Gasteiger partial charge < -0.3 is 19.0 Å². The number of amides is 1. The van der Waals surface area contributed by atoms with Gasteiger partial charge in [0, 0.05) is 11.3 Å². The van der Waals surface area contributed by atoms with E-state index in [9.17, 15) is 9.59 Å². The molecule has 4 aromatic rings. The van der Waals surface area contributed by atoms with Crippen LogP contribution in [0.5, 0.6) is 5.75 Å². The minimum absolute atomic E-state index is 0.105. The molecule has 1 N–H and O–H groups in total. The van der Waals surface area contributed by atoms with E-state index >= 15 is 0 Å². The van der Waals surface area contributed by atoms with Gasteiger partial charge >= 0.3 is 5.63 Å². The molecule has 1 aliphatic carbocycles. The van der Waals surface area contributed by atoms with Crippen molar-refractivity contribution < 1.29 is 18.5 Å². The highest BCUT2D eigenvalue weighted by Gasteiger charge is 2.29. The number of hydrogen-bond donors (Lipinski definition) is 1. The number of fused-ring (bicyclic) bond motifs is 1. The number of benzene rings is 1. The third-order valence-corrected chi connectivity index (χ3v) is 5.58. The smallest absolute Gasteiger partial charge is 0.349 e. The van der Waals surface area contributed by atoms with Crippen molar-refractivity contribution in [3.8, 4) is 16.5 Å². The Bertz CT molecular complexity index is 1280. The quantitative estimate of drug-likeness (QED) is 0.496. The average Bonchev–Trinajstić information content (AvgIpc) is 3.28. The summed E-state index contributed by atoms with van der Waals surface area (Å²) in [5.74, 6) is 1.26. The van der Waals surface area contributed by atoms with Crippen molar-refractivity contribution >= 4 is 33.9 Å². The molecule has 5 rings (SSSR count). The van der Waals surface area contributed by atoms with Gasteiger partial charge in [-0.3, -0.25) is 4.79 Å². The van der Waals surface area contributed by atoms with Crippen molar-refractivity contribution in [3.05, 3.63) is 57.5 Å². The maximum Gasteiger partial charge on any atom is 0.349 e. The molecule has 0 aliphatic heterocycles. The van der Waals surface area contributed by atoms with Crippen LogP contribution in [0.2, 0.25) is 0 Å². The fourth-order valence-electron chi connectivity index (χ4n) is 3.03. The summed E-state index contributed by atoms with van der Waals surface area (Å²) in [5, 5.41) is 9.15. The van der Waals surface area contributed by atoms with E-state index in [1.165, 1.54) is 24.5 Å². The summed E-state index contributed by atoms with van der Waals surface area (Å²) in [4.78, 5) is 30.2. The molecular weight excluding hydrogens is 394 g/mol. The minimum Gasteiger partial charge on any atom is -0.493 e.